The Labute approximate surface area is 108 Å². The van der Waals surface area contributed by atoms with Gasteiger partial charge in [0.15, 0.2) is 0 Å². The number of benzene rings is 1. The van der Waals surface area contributed by atoms with Crippen LogP contribution in [0.3, 0.4) is 0 Å². The molecule has 2 aromatic rings. The smallest absolute Gasteiger partial charge is 0.318 e. The minimum absolute atomic E-state index is 0.0396. The van der Waals surface area contributed by atoms with Gasteiger partial charge in [0.05, 0.1) is 10.9 Å². The number of alkyl halides is 3. The minimum atomic E-state index is -4.53. The van der Waals surface area contributed by atoms with Gasteiger partial charge in [0.25, 0.3) is 5.56 Å². The number of halogens is 3. The molecule has 0 atom stereocenters. The van der Waals surface area contributed by atoms with Crippen molar-refractivity contribution >= 4 is 10.8 Å². The van der Waals surface area contributed by atoms with E-state index in [-0.39, 0.29) is 11.3 Å². The highest BCUT2D eigenvalue weighted by Gasteiger charge is 2.34. The third kappa shape index (κ3) is 2.25. The van der Waals surface area contributed by atoms with E-state index >= 15 is 0 Å². The molecule has 102 valence electrons. The van der Waals surface area contributed by atoms with Crippen LogP contribution in [0.25, 0.3) is 10.8 Å². The molecular formula is C14H14F3NO. The van der Waals surface area contributed by atoms with Crippen molar-refractivity contribution in [3.8, 4) is 0 Å². The fraction of sp³-hybridized carbons (Fsp3) is 0.357. The molecule has 0 radical (unpaired) electrons. The number of nitrogens with zero attached hydrogens (tertiary/aromatic N) is 1. The topological polar surface area (TPSA) is 22.0 Å². The van der Waals surface area contributed by atoms with Crippen LogP contribution in [0.15, 0.2) is 29.2 Å². The first kappa shape index (κ1) is 13.6. The van der Waals surface area contributed by atoms with Gasteiger partial charge in [0.2, 0.25) is 0 Å². The molecule has 0 aliphatic carbocycles. The van der Waals surface area contributed by atoms with Crippen LogP contribution < -0.4 is 5.56 Å². The van der Waals surface area contributed by atoms with Crippen LogP contribution in [0.5, 0.6) is 0 Å². The van der Waals surface area contributed by atoms with E-state index in [1.54, 1.807) is 12.3 Å². The zero-order valence-electron chi connectivity index (χ0n) is 10.9. The van der Waals surface area contributed by atoms with Gasteiger partial charge in [0, 0.05) is 13.2 Å². The molecule has 0 spiro atoms. The van der Waals surface area contributed by atoms with Crippen LogP contribution in [0.1, 0.15) is 30.9 Å². The summed E-state index contributed by atoms with van der Waals surface area (Å²) in [5.74, 6) is 0.0396. The molecular weight excluding hydrogens is 255 g/mol. The van der Waals surface area contributed by atoms with Crippen LogP contribution in [-0.2, 0) is 13.2 Å². The van der Waals surface area contributed by atoms with Crippen molar-refractivity contribution in [2.75, 3.05) is 0 Å². The van der Waals surface area contributed by atoms with Gasteiger partial charge in [-0.1, -0.05) is 26.0 Å². The Morgan fingerprint density at radius 1 is 1.21 bits per heavy atom. The summed E-state index contributed by atoms with van der Waals surface area (Å²) >= 11 is 0. The lowest BCUT2D eigenvalue weighted by atomic mass is 9.96. The van der Waals surface area contributed by atoms with Crippen LogP contribution in [0.4, 0.5) is 13.2 Å². The number of hydrogen-bond acceptors (Lipinski definition) is 1. The molecule has 0 aliphatic rings. The number of pyridine rings is 1. The zero-order valence-corrected chi connectivity index (χ0v) is 10.9. The molecule has 0 fully saturated rings. The Morgan fingerprint density at radius 2 is 1.84 bits per heavy atom. The van der Waals surface area contributed by atoms with E-state index in [9.17, 15) is 18.0 Å². The fourth-order valence-electron chi connectivity index (χ4n) is 2.23. The molecule has 5 heteroatoms. The summed E-state index contributed by atoms with van der Waals surface area (Å²) in [6.07, 6.45) is -2.92. The van der Waals surface area contributed by atoms with Gasteiger partial charge in [-0.3, -0.25) is 4.79 Å². The first-order chi connectivity index (χ1) is 8.73. The Balaban J connectivity index is 3.01. The highest BCUT2D eigenvalue weighted by Crippen LogP contribution is 2.35. The second kappa shape index (κ2) is 4.40. The molecule has 0 bridgehead atoms. The fourth-order valence-corrected chi connectivity index (χ4v) is 2.23. The summed E-state index contributed by atoms with van der Waals surface area (Å²) in [5, 5.41) is 0.136. The SMILES string of the molecule is CC(C)c1cn(C)c(=O)c2c(C(F)(F)F)cccc12. The Hall–Kier alpha value is -1.78. The van der Waals surface area contributed by atoms with Crippen LogP contribution >= 0.6 is 0 Å². The van der Waals surface area contributed by atoms with Crippen molar-refractivity contribution in [2.45, 2.75) is 25.9 Å². The molecule has 1 heterocycles. The zero-order chi connectivity index (χ0) is 14.4. The summed E-state index contributed by atoms with van der Waals surface area (Å²) in [6, 6.07) is 3.87. The van der Waals surface area contributed by atoms with E-state index < -0.39 is 17.3 Å². The first-order valence-corrected chi connectivity index (χ1v) is 5.93. The molecule has 0 N–H and O–H groups in total. The van der Waals surface area contributed by atoms with E-state index in [0.29, 0.717) is 5.39 Å². The lowest BCUT2D eigenvalue weighted by Gasteiger charge is -2.15. The Morgan fingerprint density at radius 3 is 2.37 bits per heavy atom. The Bertz CT molecular complexity index is 683. The summed E-state index contributed by atoms with van der Waals surface area (Å²) < 4.78 is 40.3. The maximum Gasteiger partial charge on any atom is 0.417 e. The van der Waals surface area contributed by atoms with E-state index in [1.807, 2.05) is 13.8 Å². The Kier molecular flexibility index (Phi) is 3.16. The minimum Gasteiger partial charge on any atom is -0.318 e. The molecule has 0 amide bonds. The van der Waals surface area contributed by atoms with Crippen molar-refractivity contribution in [1.82, 2.24) is 4.57 Å². The van der Waals surface area contributed by atoms with Crippen molar-refractivity contribution < 1.29 is 13.2 Å². The molecule has 0 unspecified atom stereocenters. The van der Waals surface area contributed by atoms with E-state index in [2.05, 4.69) is 0 Å². The maximum atomic E-state index is 13.0. The molecule has 19 heavy (non-hydrogen) atoms. The molecule has 1 aromatic carbocycles. The predicted molar refractivity (Wildman–Crippen MR) is 68.3 cm³/mol. The summed E-state index contributed by atoms with van der Waals surface area (Å²) in [4.78, 5) is 12.0. The third-order valence-electron chi connectivity index (χ3n) is 3.17. The molecule has 2 nitrogen and oxygen atoms in total. The van der Waals surface area contributed by atoms with Crippen molar-refractivity contribution in [2.24, 2.45) is 7.05 Å². The van der Waals surface area contributed by atoms with Crippen molar-refractivity contribution in [1.29, 1.82) is 0 Å². The van der Waals surface area contributed by atoms with Gasteiger partial charge in [0.1, 0.15) is 0 Å². The quantitative estimate of drug-likeness (QED) is 0.774. The highest BCUT2D eigenvalue weighted by molar-refractivity contribution is 5.88. The van der Waals surface area contributed by atoms with Gasteiger partial charge < -0.3 is 4.57 Å². The normalized spacial score (nSPS) is 12.4. The van der Waals surface area contributed by atoms with Crippen LogP contribution in [0.2, 0.25) is 0 Å². The number of fused-ring (bicyclic) bond motifs is 1. The van der Waals surface area contributed by atoms with E-state index in [1.165, 1.54) is 17.7 Å². The van der Waals surface area contributed by atoms with Gasteiger partial charge in [-0.05, 0) is 22.9 Å². The molecule has 2 rings (SSSR count). The summed E-state index contributed by atoms with van der Waals surface area (Å²) in [6.45, 7) is 3.78. The van der Waals surface area contributed by atoms with Crippen molar-refractivity contribution in [3.63, 3.8) is 0 Å². The van der Waals surface area contributed by atoms with Crippen molar-refractivity contribution in [3.05, 3.63) is 45.9 Å². The second-order valence-corrected chi connectivity index (χ2v) is 4.88. The number of rotatable bonds is 1. The number of aromatic nitrogens is 1. The van der Waals surface area contributed by atoms with Gasteiger partial charge >= 0.3 is 6.18 Å². The summed E-state index contributed by atoms with van der Waals surface area (Å²) in [5.41, 5.74) is -0.747. The molecule has 0 saturated heterocycles. The van der Waals surface area contributed by atoms with E-state index in [4.69, 9.17) is 0 Å². The maximum absolute atomic E-state index is 13.0. The second-order valence-electron chi connectivity index (χ2n) is 4.88. The van der Waals surface area contributed by atoms with Crippen LogP contribution in [0, 0.1) is 0 Å². The monoisotopic (exact) mass is 269 g/mol. The average Bonchev–Trinajstić information content (AvgIpc) is 2.31. The predicted octanol–water partition coefficient (Wildman–Crippen LogP) is 3.68. The standard InChI is InChI=1S/C14H14F3NO/c1-8(2)10-7-18(3)13(19)12-9(10)5-4-6-11(12)14(15,16)17/h4-8H,1-3H3. The number of aryl methyl sites for hydroxylation is 1. The van der Waals surface area contributed by atoms with Gasteiger partial charge in [-0.15, -0.1) is 0 Å². The van der Waals surface area contributed by atoms with Gasteiger partial charge in [-0.2, -0.15) is 13.2 Å². The highest BCUT2D eigenvalue weighted by atomic mass is 19.4. The van der Waals surface area contributed by atoms with E-state index in [0.717, 1.165) is 11.6 Å². The largest absolute Gasteiger partial charge is 0.417 e. The molecule has 1 aromatic heterocycles. The lowest BCUT2D eigenvalue weighted by molar-refractivity contribution is -0.136. The first-order valence-electron chi connectivity index (χ1n) is 5.93. The number of hydrogen-bond donors (Lipinski definition) is 0. The molecule has 0 saturated carbocycles. The molecule has 0 aliphatic heterocycles. The third-order valence-corrected chi connectivity index (χ3v) is 3.17. The summed E-state index contributed by atoms with van der Waals surface area (Å²) in [7, 11) is 1.47. The lowest BCUT2D eigenvalue weighted by Crippen LogP contribution is -2.21. The van der Waals surface area contributed by atoms with Crippen LogP contribution in [-0.4, -0.2) is 4.57 Å². The average molecular weight is 269 g/mol. The van der Waals surface area contributed by atoms with Gasteiger partial charge in [-0.25, -0.2) is 0 Å².